The molecule has 7 nitrogen and oxygen atoms in total. The Morgan fingerprint density at radius 1 is 1.06 bits per heavy atom. The van der Waals surface area contributed by atoms with Crippen molar-refractivity contribution in [3.63, 3.8) is 0 Å². The number of hydrogen-bond acceptors (Lipinski definition) is 6. The van der Waals surface area contributed by atoms with E-state index in [9.17, 15) is 14.7 Å². The third kappa shape index (κ3) is 6.93. The number of carboxylic acids is 1. The molecule has 1 atom stereocenters. The van der Waals surface area contributed by atoms with Crippen LogP contribution in [0.5, 0.6) is 10.8 Å². The van der Waals surface area contributed by atoms with E-state index < -0.39 is 12.1 Å². The molecule has 0 saturated carbocycles. The number of aryl methyl sites for hydroxylation is 1. The Balaban J connectivity index is 1.22. The number of carboxylic acid groups (broad SMARTS) is 1. The molecule has 2 aromatic carbocycles. The number of benzene rings is 2. The summed E-state index contributed by atoms with van der Waals surface area (Å²) in [7, 11) is 0. The van der Waals surface area contributed by atoms with Gasteiger partial charge in [0.1, 0.15) is 12.4 Å². The lowest BCUT2D eigenvalue weighted by molar-refractivity contribution is -0.144. The van der Waals surface area contributed by atoms with Crippen LogP contribution in [0, 0.1) is 6.92 Å². The van der Waals surface area contributed by atoms with Crippen LogP contribution in [-0.2, 0) is 11.2 Å². The summed E-state index contributed by atoms with van der Waals surface area (Å²) in [5.41, 5.74) is 4.22. The van der Waals surface area contributed by atoms with Gasteiger partial charge in [-0.05, 0) is 65.9 Å². The van der Waals surface area contributed by atoms with Crippen molar-refractivity contribution in [2.45, 2.75) is 19.4 Å². The van der Waals surface area contributed by atoms with E-state index in [0.717, 1.165) is 22.4 Å². The van der Waals surface area contributed by atoms with Gasteiger partial charge in [0.25, 0.3) is 5.91 Å². The molecule has 1 amide bonds. The SMILES string of the molecule is Cc1csc(OC(Cc2ccc(OCCNC(=O)c3ccc(-c4ccccn4)cc3)cc2)C(=O)O)c1. The van der Waals surface area contributed by atoms with Gasteiger partial charge in [0.05, 0.1) is 12.2 Å². The van der Waals surface area contributed by atoms with Crippen molar-refractivity contribution in [1.29, 1.82) is 0 Å². The number of thiophene rings is 1. The van der Waals surface area contributed by atoms with E-state index in [4.69, 9.17) is 9.47 Å². The van der Waals surface area contributed by atoms with Crippen molar-refractivity contribution in [2.24, 2.45) is 0 Å². The van der Waals surface area contributed by atoms with Crippen molar-refractivity contribution in [2.75, 3.05) is 13.2 Å². The first-order valence-electron chi connectivity index (χ1n) is 11.4. The Morgan fingerprint density at radius 3 is 2.47 bits per heavy atom. The summed E-state index contributed by atoms with van der Waals surface area (Å²) >= 11 is 1.38. The second kappa shape index (κ2) is 12.0. The number of ether oxygens (including phenoxy) is 2. The molecule has 0 saturated heterocycles. The lowest BCUT2D eigenvalue weighted by atomic mass is 10.1. The van der Waals surface area contributed by atoms with Crippen LogP contribution < -0.4 is 14.8 Å². The number of hydrogen-bond donors (Lipinski definition) is 2. The zero-order chi connectivity index (χ0) is 25.3. The van der Waals surface area contributed by atoms with Crippen molar-refractivity contribution in [3.8, 4) is 22.1 Å². The molecule has 0 aliphatic heterocycles. The summed E-state index contributed by atoms with van der Waals surface area (Å²) in [5.74, 6) is -0.556. The Morgan fingerprint density at radius 2 is 1.83 bits per heavy atom. The largest absolute Gasteiger partial charge is 0.492 e. The molecule has 0 fully saturated rings. The fraction of sp³-hybridized carbons (Fsp3) is 0.179. The summed E-state index contributed by atoms with van der Waals surface area (Å²) in [6, 6.07) is 22.0. The van der Waals surface area contributed by atoms with Crippen molar-refractivity contribution >= 4 is 23.2 Å². The molecule has 0 radical (unpaired) electrons. The molecule has 2 N–H and O–H groups in total. The average molecular weight is 503 g/mol. The highest BCUT2D eigenvalue weighted by molar-refractivity contribution is 7.12. The van der Waals surface area contributed by atoms with E-state index in [1.54, 1.807) is 30.5 Å². The van der Waals surface area contributed by atoms with Crippen molar-refractivity contribution in [3.05, 3.63) is 101 Å². The number of nitrogens with one attached hydrogen (secondary N) is 1. The molecule has 4 rings (SSSR count). The highest BCUT2D eigenvalue weighted by Gasteiger charge is 2.21. The molecule has 0 bridgehead atoms. The summed E-state index contributed by atoms with van der Waals surface area (Å²) in [6.45, 7) is 2.58. The molecular formula is C28H26N2O5S. The van der Waals surface area contributed by atoms with Crippen LogP contribution in [0.15, 0.2) is 84.4 Å². The number of carbonyl (C=O) groups is 2. The second-order valence-corrected chi connectivity index (χ2v) is 9.01. The summed E-state index contributed by atoms with van der Waals surface area (Å²) in [4.78, 5) is 28.3. The van der Waals surface area contributed by atoms with Gasteiger partial charge >= 0.3 is 5.97 Å². The normalized spacial score (nSPS) is 11.5. The molecular weight excluding hydrogens is 476 g/mol. The third-order valence-electron chi connectivity index (χ3n) is 5.35. The number of carbonyl (C=O) groups excluding carboxylic acids is 1. The smallest absolute Gasteiger partial charge is 0.345 e. The number of amides is 1. The van der Waals surface area contributed by atoms with Gasteiger partial charge in [0, 0.05) is 23.7 Å². The molecule has 8 heteroatoms. The fourth-order valence-corrected chi connectivity index (χ4v) is 4.28. The summed E-state index contributed by atoms with van der Waals surface area (Å²) < 4.78 is 11.3. The zero-order valence-electron chi connectivity index (χ0n) is 19.7. The number of rotatable bonds is 11. The van der Waals surface area contributed by atoms with E-state index in [2.05, 4.69) is 10.3 Å². The van der Waals surface area contributed by atoms with Gasteiger partial charge in [0.15, 0.2) is 5.06 Å². The monoisotopic (exact) mass is 502 g/mol. The van der Waals surface area contributed by atoms with E-state index in [-0.39, 0.29) is 12.3 Å². The van der Waals surface area contributed by atoms with Gasteiger partial charge in [-0.15, -0.1) is 11.3 Å². The van der Waals surface area contributed by atoms with E-state index >= 15 is 0 Å². The quantitative estimate of drug-likeness (QED) is 0.280. The van der Waals surface area contributed by atoms with Crippen LogP contribution in [-0.4, -0.2) is 41.2 Å². The third-order valence-corrected chi connectivity index (χ3v) is 6.28. The standard InChI is InChI=1S/C28H26N2O5S/c1-19-16-26(36-18-19)35-25(28(32)33)17-20-5-11-23(12-6-20)34-15-14-30-27(31)22-9-7-21(8-10-22)24-4-2-3-13-29-24/h2-13,16,18,25H,14-15,17H2,1H3,(H,30,31)(H,32,33). The van der Waals surface area contributed by atoms with Gasteiger partial charge in [-0.2, -0.15) is 0 Å². The predicted octanol–water partition coefficient (Wildman–Crippen LogP) is 5.00. The second-order valence-electron chi connectivity index (χ2n) is 8.13. The minimum atomic E-state index is -1.01. The number of aromatic nitrogens is 1. The first-order valence-corrected chi connectivity index (χ1v) is 12.3. The number of aliphatic carboxylic acids is 1. The lowest BCUT2D eigenvalue weighted by Crippen LogP contribution is -2.29. The van der Waals surface area contributed by atoms with Gasteiger partial charge in [-0.3, -0.25) is 9.78 Å². The molecule has 4 aromatic rings. The minimum Gasteiger partial charge on any atom is -0.492 e. The van der Waals surface area contributed by atoms with Gasteiger partial charge in [0.2, 0.25) is 6.10 Å². The van der Waals surface area contributed by atoms with Crippen LogP contribution in [0.25, 0.3) is 11.3 Å². The van der Waals surface area contributed by atoms with E-state index in [0.29, 0.717) is 29.5 Å². The van der Waals surface area contributed by atoms with Crippen LogP contribution in [0.2, 0.25) is 0 Å². The molecule has 0 aliphatic carbocycles. The number of pyridine rings is 1. The highest BCUT2D eigenvalue weighted by Crippen LogP contribution is 2.25. The maximum atomic E-state index is 12.4. The molecule has 2 aromatic heterocycles. The molecule has 0 aliphatic rings. The Bertz CT molecular complexity index is 1290. The molecule has 184 valence electrons. The van der Waals surface area contributed by atoms with Crippen LogP contribution in [0.3, 0.4) is 0 Å². The topological polar surface area (TPSA) is 97.8 Å². The Hall–Kier alpha value is -4.17. The number of nitrogens with zero attached hydrogens (tertiary/aromatic N) is 1. The summed E-state index contributed by atoms with van der Waals surface area (Å²) in [6.07, 6.45) is 1.00. The zero-order valence-corrected chi connectivity index (χ0v) is 20.5. The van der Waals surface area contributed by atoms with Crippen LogP contribution >= 0.6 is 11.3 Å². The maximum Gasteiger partial charge on any atom is 0.345 e. The van der Waals surface area contributed by atoms with Crippen molar-refractivity contribution in [1.82, 2.24) is 10.3 Å². The van der Waals surface area contributed by atoms with Crippen LogP contribution in [0.1, 0.15) is 21.5 Å². The molecule has 2 heterocycles. The van der Waals surface area contributed by atoms with Gasteiger partial charge < -0.3 is 19.9 Å². The van der Waals surface area contributed by atoms with E-state index in [1.165, 1.54) is 11.3 Å². The first kappa shape index (κ1) is 24.9. The summed E-state index contributed by atoms with van der Waals surface area (Å²) in [5, 5.41) is 14.9. The molecule has 36 heavy (non-hydrogen) atoms. The Labute approximate surface area is 213 Å². The minimum absolute atomic E-state index is 0.179. The van der Waals surface area contributed by atoms with Gasteiger partial charge in [-0.25, -0.2) is 4.79 Å². The highest BCUT2D eigenvalue weighted by atomic mass is 32.1. The molecule has 0 spiro atoms. The first-order chi connectivity index (χ1) is 17.5. The maximum absolute atomic E-state index is 12.4. The molecule has 1 unspecified atom stereocenters. The Kier molecular flexibility index (Phi) is 8.31. The fourth-order valence-electron chi connectivity index (χ4n) is 3.48. The van der Waals surface area contributed by atoms with E-state index in [1.807, 2.05) is 60.8 Å². The average Bonchev–Trinajstić information content (AvgIpc) is 3.32. The predicted molar refractivity (Wildman–Crippen MR) is 139 cm³/mol. The van der Waals surface area contributed by atoms with Gasteiger partial charge in [-0.1, -0.05) is 30.3 Å². The van der Waals surface area contributed by atoms with Crippen molar-refractivity contribution < 1.29 is 24.2 Å². The van der Waals surface area contributed by atoms with Crippen LogP contribution in [0.4, 0.5) is 0 Å². The lowest BCUT2D eigenvalue weighted by Gasteiger charge is -2.14.